The number of ether oxygens (including phenoxy) is 1. The molecule has 1 aromatic heterocycles. The van der Waals surface area contributed by atoms with E-state index in [1.807, 2.05) is 42.5 Å². The van der Waals surface area contributed by atoms with Crippen LogP contribution < -0.4 is 10.2 Å². The summed E-state index contributed by atoms with van der Waals surface area (Å²) in [6.45, 7) is 4.75. The Kier molecular flexibility index (Phi) is 8.30. The molecule has 0 saturated carbocycles. The van der Waals surface area contributed by atoms with Gasteiger partial charge in [0.2, 0.25) is 11.8 Å². The highest BCUT2D eigenvalue weighted by Crippen LogP contribution is 2.21. The Morgan fingerprint density at radius 1 is 1.03 bits per heavy atom. The summed E-state index contributed by atoms with van der Waals surface area (Å²) in [5, 5.41) is 8.37. The number of hydrogen-bond donors (Lipinski definition) is 1. The average molecular weight is 428 g/mol. The molecule has 6 nitrogen and oxygen atoms in total. The van der Waals surface area contributed by atoms with Crippen LogP contribution in [0.1, 0.15) is 24.8 Å². The molecule has 3 aromatic rings. The molecular weight excluding hydrogens is 396 g/mol. The van der Waals surface area contributed by atoms with Gasteiger partial charge >= 0.3 is 0 Å². The summed E-state index contributed by atoms with van der Waals surface area (Å²) < 4.78 is 12.3. The van der Waals surface area contributed by atoms with Crippen LogP contribution in [-0.4, -0.2) is 47.8 Å². The van der Waals surface area contributed by atoms with Gasteiger partial charge < -0.3 is 9.15 Å². The molecule has 3 rings (SSSR count). The van der Waals surface area contributed by atoms with Crippen LogP contribution in [0.2, 0.25) is 0 Å². The number of aromatic nitrogens is 2. The molecule has 0 radical (unpaired) electrons. The van der Waals surface area contributed by atoms with Crippen LogP contribution in [0.4, 0.5) is 0 Å². The molecule has 0 aliphatic carbocycles. The predicted molar refractivity (Wildman–Crippen MR) is 122 cm³/mol. The summed E-state index contributed by atoms with van der Waals surface area (Å²) in [6, 6.07) is 18.2. The summed E-state index contributed by atoms with van der Waals surface area (Å²) in [6.07, 6.45) is 1.12. The lowest BCUT2D eigenvalue weighted by molar-refractivity contribution is -0.946. The lowest BCUT2D eigenvalue weighted by atomic mass is 10.1. The van der Waals surface area contributed by atoms with Crippen LogP contribution in [0.15, 0.2) is 59.0 Å². The van der Waals surface area contributed by atoms with E-state index in [0.29, 0.717) is 24.1 Å². The molecule has 0 atom stereocenters. The number of nitrogens with zero attached hydrogens (tertiary/aromatic N) is 3. The van der Waals surface area contributed by atoms with Crippen LogP contribution in [0.25, 0.3) is 11.5 Å². The fourth-order valence-electron chi connectivity index (χ4n) is 3.00. The first-order valence-corrected chi connectivity index (χ1v) is 11.5. The van der Waals surface area contributed by atoms with Crippen molar-refractivity contribution < 1.29 is 13.7 Å². The molecule has 1 heterocycles. The molecule has 0 aliphatic rings. The number of quaternary nitrogens is 1. The van der Waals surface area contributed by atoms with Crippen LogP contribution in [0.3, 0.4) is 0 Å². The highest BCUT2D eigenvalue weighted by molar-refractivity contribution is 7.98. The SMILES string of the molecule is CCCN[N+](C)(C)Cc1ccc(-c2nnc(CSCCOc3ccccc3)o2)cc1. The third kappa shape index (κ3) is 7.16. The molecule has 30 heavy (non-hydrogen) atoms. The zero-order valence-corrected chi connectivity index (χ0v) is 18.8. The molecule has 0 bridgehead atoms. The van der Waals surface area contributed by atoms with Gasteiger partial charge in [-0.1, -0.05) is 37.3 Å². The van der Waals surface area contributed by atoms with Crippen molar-refractivity contribution in [3.8, 4) is 17.2 Å². The summed E-state index contributed by atoms with van der Waals surface area (Å²) >= 11 is 1.72. The molecule has 0 saturated heterocycles. The van der Waals surface area contributed by atoms with Gasteiger partial charge in [0.15, 0.2) is 0 Å². The summed E-state index contributed by atoms with van der Waals surface area (Å²) in [5.74, 6) is 3.64. The Bertz CT molecular complexity index is 882. The van der Waals surface area contributed by atoms with E-state index in [1.54, 1.807) is 11.8 Å². The van der Waals surface area contributed by atoms with Crippen LogP contribution in [0, 0.1) is 0 Å². The van der Waals surface area contributed by atoms with Crippen molar-refractivity contribution in [2.45, 2.75) is 25.6 Å². The van der Waals surface area contributed by atoms with Gasteiger partial charge in [-0.3, -0.25) is 0 Å². The van der Waals surface area contributed by atoms with E-state index in [9.17, 15) is 0 Å². The number of para-hydroxylation sites is 1. The van der Waals surface area contributed by atoms with Crippen molar-refractivity contribution in [2.75, 3.05) is 33.0 Å². The second-order valence-corrected chi connectivity index (χ2v) is 8.77. The minimum Gasteiger partial charge on any atom is -0.493 e. The molecule has 0 spiro atoms. The monoisotopic (exact) mass is 427 g/mol. The fourth-order valence-corrected chi connectivity index (χ4v) is 3.64. The highest BCUT2D eigenvalue weighted by atomic mass is 32.2. The number of benzene rings is 2. The van der Waals surface area contributed by atoms with E-state index in [0.717, 1.165) is 41.2 Å². The first kappa shape index (κ1) is 22.3. The topological polar surface area (TPSA) is 60.2 Å². The van der Waals surface area contributed by atoms with Gasteiger partial charge in [0.25, 0.3) is 0 Å². The number of thioether (sulfide) groups is 1. The Balaban J connectivity index is 1.45. The second-order valence-electron chi connectivity index (χ2n) is 7.66. The van der Waals surface area contributed by atoms with E-state index < -0.39 is 0 Å². The minimum atomic E-state index is 0.565. The summed E-state index contributed by atoms with van der Waals surface area (Å²) in [7, 11) is 4.35. The van der Waals surface area contributed by atoms with Crippen LogP contribution >= 0.6 is 11.8 Å². The van der Waals surface area contributed by atoms with Crippen molar-refractivity contribution in [2.24, 2.45) is 0 Å². The first-order chi connectivity index (χ1) is 14.6. The van der Waals surface area contributed by atoms with Crippen molar-refractivity contribution >= 4 is 11.8 Å². The maximum atomic E-state index is 5.83. The molecule has 0 unspecified atom stereocenters. The van der Waals surface area contributed by atoms with Gasteiger partial charge in [0.05, 0.1) is 26.5 Å². The maximum Gasteiger partial charge on any atom is 0.247 e. The van der Waals surface area contributed by atoms with Gasteiger partial charge in [0, 0.05) is 23.4 Å². The zero-order valence-electron chi connectivity index (χ0n) is 18.0. The standard InChI is InChI=1S/C23H31N4O2S/c1-4-14-24-27(2,3)17-19-10-12-20(13-11-19)23-26-25-22(29-23)18-30-16-15-28-21-8-6-5-7-9-21/h5-13,24H,4,14-18H2,1-3H3/q+1. The summed E-state index contributed by atoms with van der Waals surface area (Å²) in [5.41, 5.74) is 5.74. The molecule has 160 valence electrons. The van der Waals surface area contributed by atoms with Crippen molar-refractivity contribution in [3.63, 3.8) is 0 Å². The molecule has 1 N–H and O–H groups in total. The predicted octanol–water partition coefficient (Wildman–Crippen LogP) is 4.54. The zero-order chi connectivity index (χ0) is 21.2. The Labute approximate surface area is 183 Å². The molecule has 0 amide bonds. The van der Waals surface area contributed by atoms with Gasteiger partial charge in [-0.05, 0) is 30.7 Å². The van der Waals surface area contributed by atoms with Crippen LogP contribution in [0.5, 0.6) is 5.75 Å². The normalized spacial score (nSPS) is 11.6. The van der Waals surface area contributed by atoms with Gasteiger partial charge in [-0.25, -0.2) is 4.59 Å². The van der Waals surface area contributed by atoms with Crippen molar-refractivity contribution in [3.05, 3.63) is 66.1 Å². The molecular formula is C23H31N4O2S+. The number of rotatable bonds is 12. The van der Waals surface area contributed by atoms with Crippen molar-refractivity contribution in [1.29, 1.82) is 0 Å². The number of nitrogens with one attached hydrogen (secondary N) is 1. The lowest BCUT2D eigenvalue weighted by Gasteiger charge is -2.29. The Morgan fingerprint density at radius 3 is 2.53 bits per heavy atom. The Morgan fingerprint density at radius 2 is 1.80 bits per heavy atom. The van der Waals surface area contributed by atoms with E-state index in [-0.39, 0.29) is 0 Å². The second kappa shape index (κ2) is 11.2. The molecule has 7 heteroatoms. The smallest absolute Gasteiger partial charge is 0.247 e. The third-order valence-electron chi connectivity index (χ3n) is 4.50. The third-order valence-corrected chi connectivity index (χ3v) is 5.41. The van der Waals surface area contributed by atoms with Gasteiger partial charge in [-0.2, -0.15) is 5.43 Å². The number of hydrogen-bond acceptors (Lipinski definition) is 6. The van der Waals surface area contributed by atoms with Gasteiger partial charge in [0.1, 0.15) is 12.3 Å². The van der Waals surface area contributed by atoms with E-state index >= 15 is 0 Å². The van der Waals surface area contributed by atoms with E-state index in [2.05, 4.69) is 48.8 Å². The van der Waals surface area contributed by atoms with Crippen molar-refractivity contribution in [1.82, 2.24) is 15.6 Å². The van der Waals surface area contributed by atoms with Gasteiger partial charge in [-0.15, -0.1) is 22.0 Å². The average Bonchev–Trinajstić information content (AvgIpc) is 3.22. The molecule has 0 aliphatic heterocycles. The highest BCUT2D eigenvalue weighted by Gasteiger charge is 2.16. The first-order valence-electron chi connectivity index (χ1n) is 10.3. The van der Waals surface area contributed by atoms with Crippen LogP contribution in [-0.2, 0) is 12.3 Å². The Hall–Kier alpha value is -2.35. The minimum absolute atomic E-state index is 0.565. The van der Waals surface area contributed by atoms with E-state index in [4.69, 9.17) is 9.15 Å². The van der Waals surface area contributed by atoms with E-state index in [1.165, 1.54) is 5.56 Å². The largest absolute Gasteiger partial charge is 0.493 e. The fraction of sp³-hybridized carbons (Fsp3) is 0.391. The summed E-state index contributed by atoms with van der Waals surface area (Å²) in [4.78, 5) is 0. The molecule has 2 aromatic carbocycles. The molecule has 0 fully saturated rings. The quantitative estimate of drug-likeness (QED) is 0.260. The lowest BCUT2D eigenvalue weighted by Crippen LogP contribution is -2.51. The maximum absolute atomic E-state index is 5.83.